The van der Waals surface area contributed by atoms with E-state index >= 15 is 0 Å². The first-order valence-corrected chi connectivity index (χ1v) is 12.6. The first-order chi connectivity index (χ1) is 13.9. The van der Waals surface area contributed by atoms with Crippen molar-refractivity contribution in [3.05, 3.63) is 53.6 Å². The minimum atomic E-state index is -3.51. The van der Waals surface area contributed by atoms with Crippen LogP contribution in [0.25, 0.3) is 0 Å². The summed E-state index contributed by atoms with van der Waals surface area (Å²) >= 11 is 1.79. The average Bonchev–Trinajstić information content (AvgIpc) is 2.73. The molecule has 7 heteroatoms. The average molecular weight is 435 g/mol. The van der Waals surface area contributed by atoms with Crippen LogP contribution in [0.4, 0.5) is 0 Å². The number of nitrogens with zero attached hydrogens (tertiary/aromatic N) is 1. The molecule has 1 aliphatic heterocycles. The highest BCUT2D eigenvalue weighted by molar-refractivity contribution is 7.98. The van der Waals surface area contributed by atoms with Crippen LogP contribution in [0.2, 0.25) is 0 Å². The molecule has 1 N–H and O–H groups in total. The van der Waals surface area contributed by atoms with Gasteiger partial charge >= 0.3 is 0 Å². The summed E-state index contributed by atoms with van der Waals surface area (Å²) in [6.07, 6.45) is 4.12. The third-order valence-corrected chi connectivity index (χ3v) is 7.95. The van der Waals surface area contributed by atoms with Gasteiger partial charge in [-0.05, 0) is 80.4 Å². The topological polar surface area (TPSA) is 58.6 Å². The molecule has 0 atom stereocenters. The second kappa shape index (κ2) is 9.98. The Kier molecular flexibility index (Phi) is 7.62. The molecule has 1 aliphatic rings. The van der Waals surface area contributed by atoms with Crippen LogP contribution in [0.5, 0.6) is 5.75 Å². The van der Waals surface area contributed by atoms with E-state index in [1.165, 1.54) is 10.5 Å². The van der Waals surface area contributed by atoms with E-state index < -0.39 is 10.0 Å². The maximum atomic E-state index is 12.7. The molecule has 1 saturated heterocycles. The molecule has 2 aromatic rings. The molecule has 0 unspecified atom stereocenters. The summed E-state index contributed by atoms with van der Waals surface area (Å²) in [5.41, 5.74) is 2.06. The number of nitrogens with one attached hydrogen (secondary N) is 1. The summed E-state index contributed by atoms with van der Waals surface area (Å²) in [4.78, 5) is 4.12. The number of aryl methyl sites for hydroxylation is 1. The summed E-state index contributed by atoms with van der Waals surface area (Å²) in [5.74, 6) is 1.03. The van der Waals surface area contributed by atoms with E-state index in [0.717, 1.165) is 32.5 Å². The Hall–Kier alpha value is -1.54. The van der Waals surface area contributed by atoms with Crippen molar-refractivity contribution in [3.63, 3.8) is 0 Å². The van der Waals surface area contributed by atoms with Crippen LogP contribution in [0.15, 0.2) is 52.3 Å². The second-order valence-corrected chi connectivity index (χ2v) is 10.1. The maximum Gasteiger partial charge on any atom is 0.240 e. The van der Waals surface area contributed by atoms with E-state index in [4.69, 9.17) is 4.74 Å². The zero-order valence-electron chi connectivity index (χ0n) is 17.3. The van der Waals surface area contributed by atoms with Crippen LogP contribution in [0.3, 0.4) is 0 Å². The van der Waals surface area contributed by atoms with Crippen LogP contribution in [0.1, 0.15) is 24.0 Å². The fraction of sp³-hybridized carbons (Fsp3) is 0.455. The van der Waals surface area contributed by atoms with Gasteiger partial charge in [0.25, 0.3) is 0 Å². The van der Waals surface area contributed by atoms with Crippen LogP contribution in [-0.4, -0.2) is 46.3 Å². The number of piperidine rings is 1. The Morgan fingerprint density at radius 2 is 1.90 bits per heavy atom. The van der Waals surface area contributed by atoms with E-state index in [-0.39, 0.29) is 0 Å². The van der Waals surface area contributed by atoms with Gasteiger partial charge in [0.05, 0.1) is 12.0 Å². The molecular formula is C22H30N2O3S2. The standard InChI is InChI=1S/C22H30N2O3S2/c1-17-14-20(27-2)8-9-22(17)29(25,26)23-15-18-10-12-24(13-11-18)16-19-6-4-5-7-21(19)28-3/h4-9,14,18,23H,10-13,15-16H2,1-3H3. The highest BCUT2D eigenvalue weighted by Gasteiger charge is 2.23. The molecule has 1 heterocycles. The number of ether oxygens (including phenoxy) is 1. The number of hydrogen-bond acceptors (Lipinski definition) is 5. The van der Waals surface area contributed by atoms with Crippen LogP contribution < -0.4 is 9.46 Å². The van der Waals surface area contributed by atoms with Gasteiger partial charge in [-0.15, -0.1) is 11.8 Å². The first kappa shape index (κ1) is 22.2. The number of rotatable bonds is 8. The largest absolute Gasteiger partial charge is 0.497 e. The Labute approximate surface area is 178 Å². The van der Waals surface area contributed by atoms with Gasteiger partial charge in [-0.25, -0.2) is 13.1 Å². The molecule has 0 spiro atoms. The SMILES string of the molecule is COc1ccc(S(=O)(=O)NCC2CCN(Cc3ccccc3SC)CC2)c(C)c1. The fourth-order valence-corrected chi connectivity index (χ4v) is 5.73. The molecular weight excluding hydrogens is 404 g/mol. The molecule has 0 saturated carbocycles. The number of sulfonamides is 1. The highest BCUT2D eigenvalue weighted by Crippen LogP contribution is 2.25. The molecule has 0 bridgehead atoms. The number of likely N-dealkylation sites (tertiary alicyclic amines) is 1. The zero-order valence-corrected chi connectivity index (χ0v) is 19.0. The molecule has 3 rings (SSSR count). The number of benzene rings is 2. The molecule has 1 fully saturated rings. The third-order valence-electron chi connectivity index (χ3n) is 5.53. The minimum absolute atomic E-state index is 0.324. The predicted octanol–water partition coefficient (Wildman–Crippen LogP) is 3.92. The normalized spacial score (nSPS) is 16.1. The van der Waals surface area contributed by atoms with Crippen LogP contribution in [0, 0.1) is 12.8 Å². The molecule has 29 heavy (non-hydrogen) atoms. The summed E-state index contributed by atoms with van der Waals surface area (Å²) in [7, 11) is -1.93. The Morgan fingerprint density at radius 1 is 1.17 bits per heavy atom. The van der Waals surface area contributed by atoms with Gasteiger partial charge < -0.3 is 4.74 Å². The monoisotopic (exact) mass is 434 g/mol. The lowest BCUT2D eigenvalue weighted by molar-refractivity contribution is 0.177. The lowest BCUT2D eigenvalue weighted by Crippen LogP contribution is -2.38. The number of methoxy groups -OCH3 is 1. The van der Waals surface area contributed by atoms with Gasteiger partial charge in [0.2, 0.25) is 10.0 Å². The summed E-state index contributed by atoms with van der Waals surface area (Å²) in [6.45, 7) is 5.24. The molecule has 0 aliphatic carbocycles. The lowest BCUT2D eigenvalue weighted by atomic mass is 9.97. The summed E-state index contributed by atoms with van der Waals surface area (Å²) in [6, 6.07) is 13.6. The van der Waals surface area contributed by atoms with E-state index in [2.05, 4.69) is 40.1 Å². The minimum Gasteiger partial charge on any atom is -0.497 e. The van der Waals surface area contributed by atoms with Crippen molar-refractivity contribution >= 4 is 21.8 Å². The smallest absolute Gasteiger partial charge is 0.240 e. The highest BCUT2D eigenvalue weighted by atomic mass is 32.2. The number of thioether (sulfide) groups is 1. The zero-order chi connectivity index (χ0) is 20.9. The van der Waals surface area contributed by atoms with E-state index in [1.807, 2.05) is 0 Å². The van der Waals surface area contributed by atoms with Crippen molar-refractivity contribution in [2.24, 2.45) is 5.92 Å². The predicted molar refractivity (Wildman–Crippen MR) is 119 cm³/mol. The molecule has 0 amide bonds. The summed E-state index contributed by atoms with van der Waals surface area (Å²) < 4.78 is 33.4. The molecule has 0 radical (unpaired) electrons. The van der Waals surface area contributed by atoms with E-state index in [1.54, 1.807) is 44.0 Å². The Balaban J connectivity index is 1.52. The summed E-state index contributed by atoms with van der Waals surface area (Å²) in [5, 5.41) is 0. The lowest BCUT2D eigenvalue weighted by Gasteiger charge is -2.32. The van der Waals surface area contributed by atoms with Crippen molar-refractivity contribution in [1.29, 1.82) is 0 Å². The maximum absolute atomic E-state index is 12.7. The second-order valence-electron chi connectivity index (χ2n) is 7.51. The van der Waals surface area contributed by atoms with Crippen LogP contribution in [-0.2, 0) is 16.6 Å². The van der Waals surface area contributed by atoms with Crippen molar-refractivity contribution in [1.82, 2.24) is 9.62 Å². The Bertz CT molecular complexity index is 923. The Morgan fingerprint density at radius 3 is 2.55 bits per heavy atom. The van der Waals surface area contributed by atoms with Crippen molar-refractivity contribution < 1.29 is 13.2 Å². The van der Waals surface area contributed by atoms with Crippen molar-refractivity contribution in [2.45, 2.75) is 36.1 Å². The first-order valence-electron chi connectivity index (χ1n) is 9.91. The molecule has 5 nitrogen and oxygen atoms in total. The third kappa shape index (κ3) is 5.75. The van der Waals surface area contributed by atoms with Gasteiger partial charge in [-0.3, -0.25) is 4.90 Å². The fourth-order valence-electron chi connectivity index (χ4n) is 3.78. The molecule has 0 aromatic heterocycles. The van der Waals surface area contributed by atoms with Gasteiger partial charge in [0.15, 0.2) is 0 Å². The molecule has 158 valence electrons. The van der Waals surface area contributed by atoms with E-state index in [0.29, 0.717) is 28.7 Å². The van der Waals surface area contributed by atoms with Crippen LogP contribution >= 0.6 is 11.8 Å². The van der Waals surface area contributed by atoms with E-state index in [9.17, 15) is 8.42 Å². The number of hydrogen-bond donors (Lipinski definition) is 1. The van der Waals surface area contributed by atoms with Gasteiger partial charge in [-0.1, -0.05) is 18.2 Å². The van der Waals surface area contributed by atoms with Gasteiger partial charge in [-0.2, -0.15) is 0 Å². The van der Waals surface area contributed by atoms with Crippen molar-refractivity contribution in [3.8, 4) is 5.75 Å². The van der Waals surface area contributed by atoms with Gasteiger partial charge in [0.1, 0.15) is 5.75 Å². The quantitative estimate of drug-likeness (QED) is 0.638. The van der Waals surface area contributed by atoms with Crippen molar-refractivity contribution in [2.75, 3.05) is 33.0 Å². The van der Waals surface area contributed by atoms with Gasteiger partial charge in [0, 0.05) is 18.0 Å². The molecule has 2 aromatic carbocycles.